The highest BCUT2D eigenvalue weighted by atomic mass is 15.4. The molecular weight excluding hydrogens is 320 g/mol. The Morgan fingerprint density at radius 3 is 2.58 bits per heavy atom. The standard InChI is InChI=1S/C22H28N4/c1-14(2)25-13-17-10-6-7-11-18(17)22-20(23-24-26(22)15(3)4)19-12-8-9-16(5)21(19)25/h6-8,10-12,14-16H,9,13H2,1-5H3. The maximum absolute atomic E-state index is 4.67. The fraction of sp³-hybridized carbons (Fsp3) is 0.455. The highest BCUT2D eigenvalue weighted by Gasteiger charge is 2.32. The van der Waals surface area contributed by atoms with Gasteiger partial charge in [0.15, 0.2) is 0 Å². The van der Waals surface area contributed by atoms with Crippen molar-refractivity contribution in [2.24, 2.45) is 5.92 Å². The van der Waals surface area contributed by atoms with Crippen molar-refractivity contribution >= 4 is 5.57 Å². The third-order valence-corrected chi connectivity index (χ3v) is 5.50. The Morgan fingerprint density at radius 2 is 1.85 bits per heavy atom. The van der Waals surface area contributed by atoms with Gasteiger partial charge in [-0.15, -0.1) is 5.10 Å². The molecule has 1 aliphatic carbocycles. The van der Waals surface area contributed by atoms with Gasteiger partial charge >= 0.3 is 0 Å². The average Bonchev–Trinajstić information content (AvgIpc) is 3.03. The fourth-order valence-electron chi connectivity index (χ4n) is 4.20. The zero-order valence-corrected chi connectivity index (χ0v) is 16.4. The van der Waals surface area contributed by atoms with Crippen molar-refractivity contribution in [2.45, 2.75) is 59.7 Å². The third kappa shape index (κ3) is 2.59. The topological polar surface area (TPSA) is 34.0 Å². The Kier molecular flexibility index (Phi) is 4.22. The first-order valence-corrected chi connectivity index (χ1v) is 9.70. The average molecular weight is 348 g/mol. The molecule has 1 aromatic carbocycles. The Morgan fingerprint density at radius 1 is 1.08 bits per heavy atom. The minimum Gasteiger partial charge on any atom is -0.367 e. The summed E-state index contributed by atoms with van der Waals surface area (Å²) < 4.78 is 2.08. The van der Waals surface area contributed by atoms with Gasteiger partial charge in [-0.25, -0.2) is 4.68 Å². The second-order valence-electron chi connectivity index (χ2n) is 8.04. The van der Waals surface area contributed by atoms with Crippen molar-refractivity contribution in [1.29, 1.82) is 0 Å². The van der Waals surface area contributed by atoms with E-state index >= 15 is 0 Å². The van der Waals surface area contributed by atoms with Crippen LogP contribution in [0.5, 0.6) is 0 Å². The quantitative estimate of drug-likeness (QED) is 0.761. The summed E-state index contributed by atoms with van der Waals surface area (Å²) in [5, 5.41) is 9.21. The number of benzene rings is 1. The molecule has 0 bridgehead atoms. The smallest absolute Gasteiger partial charge is 0.122 e. The van der Waals surface area contributed by atoms with Crippen molar-refractivity contribution in [3.8, 4) is 11.3 Å². The van der Waals surface area contributed by atoms with Crippen molar-refractivity contribution in [3.63, 3.8) is 0 Å². The molecule has 0 saturated heterocycles. The molecule has 0 fully saturated rings. The van der Waals surface area contributed by atoms with Crippen LogP contribution < -0.4 is 0 Å². The van der Waals surface area contributed by atoms with E-state index in [1.54, 1.807) is 0 Å². The molecule has 0 saturated carbocycles. The maximum atomic E-state index is 4.67. The van der Waals surface area contributed by atoms with Crippen LogP contribution >= 0.6 is 0 Å². The Bertz CT molecular complexity index is 885. The number of hydrogen-bond donors (Lipinski definition) is 0. The van der Waals surface area contributed by atoms with Gasteiger partial charge < -0.3 is 4.90 Å². The monoisotopic (exact) mass is 348 g/mol. The Labute approximate surface area is 156 Å². The van der Waals surface area contributed by atoms with Crippen LogP contribution in [0.4, 0.5) is 0 Å². The second-order valence-corrected chi connectivity index (χ2v) is 8.04. The molecule has 0 radical (unpaired) electrons. The predicted molar refractivity (Wildman–Crippen MR) is 106 cm³/mol. The molecule has 1 aliphatic heterocycles. The van der Waals surface area contributed by atoms with Crippen LogP contribution in [0, 0.1) is 5.92 Å². The normalized spacial score (nSPS) is 19.3. The zero-order chi connectivity index (χ0) is 18.4. The van der Waals surface area contributed by atoms with Crippen molar-refractivity contribution < 1.29 is 0 Å². The maximum Gasteiger partial charge on any atom is 0.122 e. The zero-order valence-electron chi connectivity index (χ0n) is 16.4. The van der Waals surface area contributed by atoms with Crippen LogP contribution in [0.25, 0.3) is 16.8 Å². The lowest BCUT2D eigenvalue weighted by molar-refractivity contribution is 0.247. The molecule has 1 atom stereocenters. The largest absolute Gasteiger partial charge is 0.367 e. The second kappa shape index (κ2) is 6.42. The molecule has 4 heteroatoms. The van der Waals surface area contributed by atoms with Crippen LogP contribution in [0.2, 0.25) is 0 Å². The Balaban J connectivity index is 2.07. The summed E-state index contributed by atoms with van der Waals surface area (Å²) in [7, 11) is 0. The molecule has 26 heavy (non-hydrogen) atoms. The minimum atomic E-state index is 0.272. The number of hydrogen-bond acceptors (Lipinski definition) is 3. The first-order valence-electron chi connectivity index (χ1n) is 9.70. The molecule has 0 N–H and O–H groups in total. The molecule has 4 rings (SSSR count). The predicted octanol–water partition coefficient (Wildman–Crippen LogP) is 5.06. The summed E-state index contributed by atoms with van der Waals surface area (Å²) in [6.45, 7) is 12.2. The highest BCUT2D eigenvalue weighted by molar-refractivity contribution is 5.85. The van der Waals surface area contributed by atoms with Gasteiger partial charge in [-0.2, -0.15) is 0 Å². The number of fused-ring (bicyclic) bond motifs is 4. The SMILES string of the molecule is CC1CC=CC2=C1N(C(C)C)Cc1ccccc1-c1c2nnn1C(C)C. The van der Waals surface area contributed by atoms with E-state index in [4.69, 9.17) is 0 Å². The van der Waals surface area contributed by atoms with Gasteiger partial charge in [-0.05, 0) is 39.7 Å². The molecular formula is C22H28N4. The third-order valence-electron chi connectivity index (χ3n) is 5.50. The number of allylic oxidation sites excluding steroid dienone is 4. The van der Waals surface area contributed by atoms with Gasteiger partial charge in [-0.1, -0.05) is 48.6 Å². The van der Waals surface area contributed by atoms with Gasteiger partial charge in [0.05, 0.1) is 5.69 Å². The van der Waals surface area contributed by atoms with Gasteiger partial charge in [-0.3, -0.25) is 0 Å². The number of rotatable bonds is 2. The molecule has 2 aliphatic rings. The first-order chi connectivity index (χ1) is 12.5. The molecule has 0 spiro atoms. The van der Waals surface area contributed by atoms with Crippen LogP contribution in [-0.4, -0.2) is 25.9 Å². The van der Waals surface area contributed by atoms with Crippen LogP contribution in [-0.2, 0) is 6.54 Å². The minimum absolute atomic E-state index is 0.272. The summed E-state index contributed by atoms with van der Waals surface area (Å²) in [6.07, 6.45) is 5.63. The van der Waals surface area contributed by atoms with Gasteiger partial charge in [0.2, 0.25) is 0 Å². The van der Waals surface area contributed by atoms with Crippen LogP contribution in [0.3, 0.4) is 0 Å². The van der Waals surface area contributed by atoms with E-state index in [1.165, 1.54) is 22.4 Å². The summed E-state index contributed by atoms with van der Waals surface area (Å²) in [6, 6.07) is 9.44. The summed E-state index contributed by atoms with van der Waals surface area (Å²) in [4.78, 5) is 2.56. The lowest BCUT2D eigenvalue weighted by atomic mass is 9.86. The molecule has 0 amide bonds. The van der Waals surface area contributed by atoms with Crippen LogP contribution in [0.15, 0.2) is 42.1 Å². The van der Waals surface area contributed by atoms with Crippen molar-refractivity contribution in [2.75, 3.05) is 0 Å². The van der Waals surface area contributed by atoms with E-state index in [0.717, 1.165) is 24.4 Å². The highest BCUT2D eigenvalue weighted by Crippen LogP contribution is 2.42. The molecule has 136 valence electrons. The summed E-state index contributed by atoms with van der Waals surface area (Å²) in [5.74, 6) is 0.486. The van der Waals surface area contributed by atoms with E-state index in [-0.39, 0.29) is 6.04 Å². The summed E-state index contributed by atoms with van der Waals surface area (Å²) in [5.41, 5.74) is 7.44. The van der Waals surface area contributed by atoms with E-state index in [1.807, 2.05) is 0 Å². The number of aromatic nitrogens is 3. The van der Waals surface area contributed by atoms with Gasteiger partial charge in [0.1, 0.15) is 5.69 Å². The van der Waals surface area contributed by atoms with Crippen LogP contribution in [0.1, 0.15) is 58.3 Å². The fourth-order valence-corrected chi connectivity index (χ4v) is 4.20. The van der Waals surface area contributed by atoms with E-state index < -0.39 is 0 Å². The van der Waals surface area contributed by atoms with Gasteiger partial charge in [0.25, 0.3) is 0 Å². The molecule has 2 aromatic rings. The van der Waals surface area contributed by atoms with E-state index in [2.05, 4.69) is 90.9 Å². The lowest BCUT2D eigenvalue weighted by Crippen LogP contribution is -2.34. The lowest BCUT2D eigenvalue weighted by Gasteiger charge is -2.39. The van der Waals surface area contributed by atoms with Crippen molar-refractivity contribution in [1.82, 2.24) is 19.9 Å². The van der Waals surface area contributed by atoms with Gasteiger partial charge in [0, 0.05) is 41.4 Å². The Hall–Kier alpha value is -2.36. The molecule has 1 unspecified atom stereocenters. The van der Waals surface area contributed by atoms with E-state index in [0.29, 0.717) is 12.0 Å². The molecule has 4 nitrogen and oxygen atoms in total. The van der Waals surface area contributed by atoms with E-state index in [9.17, 15) is 0 Å². The first kappa shape index (κ1) is 17.1. The number of nitrogens with zero attached hydrogens (tertiary/aromatic N) is 4. The molecule has 1 aromatic heterocycles. The molecule has 2 heterocycles. The summed E-state index contributed by atoms with van der Waals surface area (Å²) >= 11 is 0. The van der Waals surface area contributed by atoms with Crippen molar-refractivity contribution in [3.05, 3.63) is 53.4 Å².